The number of ether oxygens (including phenoxy) is 1. The fourth-order valence-electron chi connectivity index (χ4n) is 1.86. The van der Waals surface area contributed by atoms with E-state index in [0.29, 0.717) is 6.04 Å². The van der Waals surface area contributed by atoms with Gasteiger partial charge in [-0.25, -0.2) is 4.98 Å². The zero-order valence-corrected chi connectivity index (χ0v) is 9.16. The monoisotopic (exact) mass is 207 g/mol. The van der Waals surface area contributed by atoms with Gasteiger partial charge in [0.1, 0.15) is 5.82 Å². The molecule has 0 aliphatic carbocycles. The second-order valence-electron chi connectivity index (χ2n) is 3.85. The highest BCUT2D eigenvalue weighted by molar-refractivity contribution is 5.44. The second kappa shape index (κ2) is 4.59. The molecule has 0 bridgehead atoms. The van der Waals surface area contributed by atoms with Gasteiger partial charge in [-0.1, -0.05) is 6.07 Å². The summed E-state index contributed by atoms with van der Waals surface area (Å²) < 4.78 is 5.38. The van der Waals surface area contributed by atoms with Crippen LogP contribution in [0.3, 0.4) is 0 Å². The molecule has 1 saturated heterocycles. The molecule has 2 N–H and O–H groups in total. The van der Waals surface area contributed by atoms with Gasteiger partial charge >= 0.3 is 0 Å². The Balaban J connectivity index is 2.05. The minimum Gasteiger partial charge on any atom is -0.378 e. The van der Waals surface area contributed by atoms with Crippen LogP contribution in [-0.2, 0) is 4.74 Å². The minimum atomic E-state index is 0.228. The molecule has 0 aromatic carbocycles. The first-order valence-electron chi connectivity index (χ1n) is 5.23. The fraction of sp³-hybridized carbons (Fsp3) is 0.545. The second-order valence-corrected chi connectivity index (χ2v) is 3.85. The quantitative estimate of drug-likeness (QED) is 0.769. The molecule has 15 heavy (non-hydrogen) atoms. The normalized spacial score (nSPS) is 25.5. The molecular formula is C11H17N3O. The average Bonchev–Trinajstić information content (AvgIpc) is 2.69. The lowest BCUT2D eigenvalue weighted by atomic mass is 10.2. The molecule has 2 heterocycles. The molecule has 0 spiro atoms. The highest BCUT2D eigenvalue weighted by Crippen LogP contribution is 2.14. The number of anilines is 1. The largest absolute Gasteiger partial charge is 0.378 e. The van der Waals surface area contributed by atoms with Crippen LogP contribution in [0, 0.1) is 6.92 Å². The van der Waals surface area contributed by atoms with Crippen LogP contribution in [0.15, 0.2) is 18.3 Å². The Morgan fingerprint density at radius 1 is 1.53 bits per heavy atom. The topological polar surface area (TPSA) is 46.2 Å². The summed E-state index contributed by atoms with van der Waals surface area (Å²) in [6.45, 7) is 3.88. The maximum absolute atomic E-state index is 5.38. The Hall–Kier alpha value is -1.13. The summed E-state index contributed by atoms with van der Waals surface area (Å²) in [5.74, 6) is 0.952. The van der Waals surface area contributed by atoms with E-state index in [-0.39, 0.29) is 6.10 Å². The first-order chi connectivity index (χ1) is 7.31. The number of hydrogen-bond donors (Lipinski definition) is 2. The summed E-state index contributed by atoms with van der Waals surface area (Å²) in [6.07, 6.45) is 2.03. The molecule has 1 unspecified atom stereocenters. The zero-order valence-electron chi connectivity index (χ0n) is 9.16. The van der Waals surface area contributed by atoms with Crippen LogP contribution < -0.4 is 10.6 Å². The van der Waals surface area contributed by atoms with Crippen molar-refractivity contribution in [3.05, 3.63) is 23.9 Å². The summed E-state index contributed by atoms with van der Waals surface area (Å²) >= 11 is 0. The van der Waals surface area contributed by atoms with Crippen molar-refractivity contribution in [2.75, 3.05) is 25.5 Å². The smallest absolute Gasteiger partial charge is 0.129 e. The molecule has 0 saturated carbocycles. The van der Waals surface area contributed by atoms with E-state index in [1.165, 1.54) is 5.56 Å². The molecule has 1 aromatic rings. The number of pyridine rings is 1. The van der Waals surface area contributed by atoms with Gasteiger partial charge < -0.3 is 15.4 Å². The number of nitrogens with one attached hydrogen (secondary N) is 2. The summed E-state index contributed by atoms with van der Waals surface area (Å²) in [5, 5.41) is 6.71. The van der Waals surface area contributed by atoms with Gasteiger partial charge in [-0.15, -0.1) is 0 Å². The van der Waals surface area contributed by atoms with E-state index in [0.717, 1.165) is 18.9 Å². The summed E-state index contributed by atoms with van der Waals surface area (Å²) in [6, 6.07) is 4.31. The number of hydrogen-bond acceptors (Lipinski definition) is 4. The molecular weight excluding hydrogens is 190 g/mol. The highest BCUT2D eigenvalue weighted by atomic mass is 16.5. The van der Waals surface area contributed by atoms with E-state index in [2.05, 4.69) is 28.6 Å². The van der Waals surface area contributed by atoms with E-state index < -0.39 is 0 Å². The molecule has 82 valence electrons. The average molecular weight is 207 g/mol. The van der Waals surface area contributed by atoms with Crippen LogP contribution >= 0.6 is 0 Å². The van der Waals surface area contributed by atoms with E-state index in [4.69, 9.17) is 4.74 Å². The predicted octanol–water partition coefficient (Wildman–Crippen LogP) is 0.789. The summed E-state index contributed by atoms with van der Waals surface area (Å²) in [5.41, 5.74) is 1.17. The zero-order chi connectivity index (χ0) is 10.7. The number of aromatic nitrogens is 1. The Morgan fingerprint density at radius 2 is 2.40 bits per heavy atom. The van der Waals surface area contributed by atoms with Crippen LogP contribution in [0.2, 0.25) is 0 Å². The van der Waals surface area contributed by atoms with Crippen molar-refractivity contribution in [3.63, 3.8) is 0 Å². The molecule has 2 rings (SSSR count). The molecule has 4 nitrogen and oxygen atoms in total. The molecule has 1 aromatic heterocycles. The summed E-state index contributed by atoms with van der Waals surface area (Å²) in [4.78, 5) is 4.32. The van der Waals surface area contributed by atoms with Gasteiger partial charge in [-0.2, -0.15) is 0 Å². The van der Waals surface area contributed by atoms with Gasteiger partial charge in [-0.05, 0) is 18.6 Å². The van der Waals surface area contributed by atoms with Crippen molar-refractivity contribution in [2.24, 2.45) is 0 Å². The first-order valence-corrected chi connectivity index (χ1v) is 5.23. The third-order valence-electron chi connectivity index (χ3n) is 2.79. The minimum absolute atomic E-state index is 0.228. The molecule has 2 atom stereocenters. The van der Waals surface area contributed by atoms with Crippen molar-refractivity contribution < 1.29 is 4.74 Å². The van der Waals surface area contributed by atoms with Crippen molar-refractivity contribution in [1.82, 2.24) is 10.3 Å². The van der Waals surface area contributed by atoms with Crippen LogP contribution in [0.1, 0.15) is 5.56 Å². The van der Waals surface area contributed by atoms with Gasteiger partial charge in [0.15, 0.2) is 0 Å². The number of rotatable bonds is 3. The van der Waals surface area contributed by atoms with E-state index in [9.17, 15) is 0 Å². The maximum atomic E-state index is 5.38. The first kappa shape index (κ1) is 10.4. The molecule has 0 radical (unpaired) electrons. The standard InChI is InChI=1S/C11H17N3O/c1-8-4-3-5-13-11(8)14-9-6-12-7-10(9)15-2/h3-5,9-10,12H,6-7H2,1-2H3,(H,13,14)/t9?,10-/m0/s1. The van der Waals surface area contributed by atoms with Crippen LogP contribution in [0.25, 0.3) is 0 Å². The van der Waals surface area contributed by atoms with Crippen molar-refractivity contribution >= 4 is 5.82 Å². The fourth-order valence-corrected chi connectivity index (χ4v) is 1.86. The molecule has 4 heteroatoms. The van der Waals surface area contributed by atoms with Crippen LogP contribution in [0.4, 0.5) is 5.82 Å². The maximum Gasteiger partial charge on any atom is 0.129 e. The third-order valence-corrected chi connectivity index (χ3v) is 2.79. The van der Waals surface area contributed by atoms with Gasteiger partial charge in [-0.3, -0.25) is 0 Å². The van der Waals surface area contributed by atoms with Crippen molar-refractivity contribution in [3.8, 4) is 0 Å². The van der Waals surface area contributed by atoms with Gasteiger partial charge in [0.25, 0.3) is 0 Å². The van der Waals surface area contributed by atoms with Gasteiger partial charge in [0.2, 0.25) is 0 Å². The lowest BCUT2D eigenvalue weighted by Crippen LogP contribution is -2.34. The lowest BCUT2D eigenvalue weighted by Gasteiger charge is -2.19. The van der Waals surface area contributed by atoms with E-state index in [1.807, 2.05) is 6.07 Å². The highest BCUT2D eigenvalue weighted by Gasteiger charge is 2.27. The van der Waals surface area contributed by atoms with Crippen LogP contribution in [0.5, 0.6) is 0 Å². The van der Waals surface area contributed by atoms with Gasteiger partial charge in [0, 0.05) is 26.4 Å². The molecule has 1 fully saturated rings. The third kappa shape index (κ3) is 2.27. The van der Waals surface area contributed by atoms with Gasteiger partial charge in [0.05, 0.1) is 12.1 Å². The number of methoxy groups -OCH3 is 1. The SMILES string of the molecule is CO[C@H]1CNCC1Nc1ncccc1C. The van der Waals surface area contributed by atoms with E-state index >= 15 is 0 Å². The Bertz CT molecular complexity index is 329. The van der Waals surface area contributed by atoms with Crippen molar-refractivity contribution in [2.45, 2.75) is 19.1 Å². The molecule has 1 aliphatic heterocycles. The van der Waals surface area contributed by atoms with Crippen molar-refractivity contribution in [1.29, 1.82) is 0 Å². The Kier molecular flexibility index (Phi) is 3.18. The van der Waals surface area contributed by atoms with Crippen LogP contribution in [-0.4, -0.2) is 37.3 Å². The Labute approximate surface area is 90.0 Å². The van der Waals surface area contributed by atoms with E-state index in [1.54, 1.807) is 13.3 Å². The number of aryl methyl sites for hydroxylation is 1. The lowest BCUT2D eigenvalue weighted by molar-refractivity contribution is 0.111. The Morgan fingerprint density at radius 3 is 3.13 bits per heavy atom. The molecule has 1 aliphatic rings. The summed E-state index contributed by atoms with van der Waals surface area (Å²) in [7, 11) is 1.75. The number of nitrogens with zero attached hydrogens (tertiary/aromatic N) is 1. The predicted molar refractivity (Wildman–Crippen MR) is 60.1 cm³/mol. The molecule has 0 amide bonds.